The van der Waals surface area contributed by atoms with Gasteiger partial charge < -0.3 is 15.0 Å². The normalized spacial score (nSPS) is 18.3. The van der Waals surface area contributed by atoms with E-state index in [-0.39, 0.29) is 24.4 Å². The Hall–Kier alpha value is -1.82. The van der Waals surface area contributed by atoms with E-state index >= 15 is 0 Å². The highest BCUT2D eigenvalue weighted by molar-refractivity contribution is 6.32. The van der Waals surface area contributed by atoms with Gasteiger partial charge in [-0.2, -0.15) is 0 Å². The van der Waals surface area contributed by atoms with E-state index in [0.717, 1.165) is 0 Å². The lowest BCUT2D eigenvalue weighted by Crippen LogP contribution is -2.54. The maximum absolute atomic E-state index is 12.4. The van der Waals surface area contributed by atoms with Gasteiger partial charge in [0.05, 0.1) is 18.7 Å². The summed E-state index contributed by atoms with van der Waals surface area (Å²) in [6.45, 7) is 6.91. The van der Waals surface area contributed by atoms with Crippen molar-refractivity contribution in [1.29, 1.82) is 0 Å². The molecule has 2 amide bonds. The van der Waals surface area contributed by atoms with Crippen LogP contribution in [0.2, 0.25) is 5.02 Å². The fourth-order valence-electron chi connectivity index (χ4n) is 2.17. The molecule has 0 aliphatic carbocycles. The molecule has 1 aliphatic rings. The number of piperazine rings is 1. The molecule has 0 radical (unpaired) electrons. The van der Waals surface area contributed by atoms with E-state index in [2.05, 4.69) is 10.3 Å². The number of carbonyl (C=O) groups excluding carboxylic acids is 2. The Labute approximate surface area is 134 Å². The van der Waals surface area contributed by atoms with Crippen molar-refractivity contribution in [2.75, 3.05) is 19.7 Å². The minimum atomic E-state index is -0.258. The van der Waals surface area contributed by atoms with Gasteiger partial charge in [-0.15, -0.1) is 0 Å². The average Bonchev–Trinajstić information content (AvgIpc) is 2.44. The Morgan fingerprint density at radius 2 is 2.32 bits per heavy atom. The van der Waals surface area contributed by atoms with Gasteiger partial charge in [-0.25, -0.2) is 4.98 Å². The molecule has 6 nitrogen and oxygen atoms in total. The van der Waals surface area contributed by atoms with Crippen molar-refractivity contribution in [1.82, 2.24) is 15.2 Å². The average molecular weight is 326 g/mol. The summed E-state index contributed by atoms with van der Waals surface area (Å²) in [4.78, 5) is 29.5. The number of pyridine rings is 1. The molecule has 2 heterocycles. The highest BCUT2D eigenvalue weighted by atomic mass is 35.5. The van der Waals surface area contributed by atoms with Crippen LogP contribution in [0.4, 0.5) is 0 Å². The summed E-state index contributed by atoms with van der Waals surface area (Å²) in [5.41, 5.74) is 0.351. The third-order valence-electron chi connectivity index (χ3n) is 3.13. The van der Waals surface area contributed by atoms with E-state index in [1.54, 1.807) is 0 Å². The van der Waals surface area contributed by atoms with Gasteiger partial charge in [0.1, 0.15) is 5.02 Å². The molecule has 0 aromatic carbocycles. The van der Waals surface area contributed by atoms with Crippen LogP contribution in [0.5, 0.6) is 5.88 Å². The lowest BCUT2D eigenvalue weighted by atomic mass is 10.2. The first-order valence-corrected chi connectivity index (χ1v) is 7.61. The molecule has 22 heavy (non-hydrogen) atoms. The number of hydrogen-bond acceptors (Lipinski definition) is 4. The second-order valence-corrected chi connectivity index (χ2v) is 6.28. The molecule has 0 spiro atoms. The highest BCUT2D eigenvalue weighted by Crippen LogP contribution is 2.23. The number of ether oxygens (including phenoxy) is 1. The van der Waals surface area contributed by atoms with Crippen LogP contribution in [0.1, 0.15) is 31.1 Å². The summed E-state index contributed by atoms with van der Waals surface area (Å²) in [5.74, 6) is 0.249. The van der Waals surface area contributed by atoms with E-state index < -0.39 is 0 Å². The molecule has 1 fully saturated rings. The lowest BCUT2D eigenvalue weighted by molar-refractivity contribution is -0.124. The Morgan fingerprint density at radius 1 is 1.59 bits per heavy atom. The topological polar surface area (TPSA) is 71.5 Å². The van der Waals surface area contributed by atoms with E-state index in [9.17, 15) is 9.59 Å². The predicted octanol–water partition coefficient (Wildman–Crippen LogP) is 1.73. The molecule has 0 bridgehead atoms. The lowest BCUT2D eigenvalue weighted by Gasteiger charge is -2.31. The summed E-state index contributed by atoms with van der Waals surface area (Å²) < 4.78 is 5.48. The largest absolute Gasteiger partial charge is 0.476 e. The quantitative estimate of drug-likeness (QED) is 0.915. The van der Waals surface area contributed by atoms with Crippen molar-refractivity contribution in [2.24, 2.45) is 5.92 Å². The van der Waals surface area contributed by atoms with Crippen LogP contribution < -0.4 is 10.1 Å². The van der Waals surface area contributed by atoms with Crippen LogP contribution in [0.25, 0.3) is 0 Å². The number of nitrogens with zero attached hydrogens (tertiary/aromatic N) is 2. The standard InChI is InChI=1S/C15H20ClN3O3/c1-9(2)8-22-14-12(16)4-11(5-17-14)15(21)19-6-10(3)18-13(20)7-19/h4-5,9-10H,6-8H2,1-3H3,(H,18,20). The molecule has 1 atom stereocenters. The highest BCUT2D eigenvalue weighted by Gasteiger charge is 2.26. The molecule has 1 aromatic heterocycles. The first kappa shape index (κ1) is 16.5. The van der Waals surface area contributed by atoms with Gasteiger partial charge in [0.2, 0.25) is 11.8 Å². The van der Waals surface area contributed by atoms with Gasteiger partial charge in [-0.1, -0.05) is 25.4 Å². The second-order valence-electron chi connectivity index (χ2n) is 5.87. The monoisotopic (exact) mass is 325 g/mol. The molecular weight excluding hydrogens is 306 g/mol. The van der Waals surface area contributed by atoms with Crippen LogP contribution in [0.15, 0.2) is 12.3 Å². The van der Waals surface area contributed by atoms with E-state index in [1.165, 1.54) is 17.2 Å². The molecule has 1 unspecified atom stereocenters. The zero-order chi connectivity index (χ0) is 16.3. The van der Waals surface area contributed by atoms with Crippen molar-refractivity contribution >= 4 is 23.4 Å². The number of aromatic nitrogens is 1. The van der Waals surface area contributed by atoms with Crippen molar-refractivity contribution in [3.63, 3.8) is 0 Å². The number of halogens is 1. The van der Waals surface area contributed by atoms with E-state index in [1.807, 2.05) is 20.8 Å². The zero-order valence-corrected chi connectivity index (χ0v) is 13.7. The zero-order valence-electron chi connectivity index (χ0n) is 12.9. The van der Waals surface area contributed by atoms with Crippen LogP contribution in [-0.2, 0) is 4.79 Å². The molecule has 120 valence electrons. The SMILES string of the molecule is CC(C)COc1ncc(C(=O)N2CC(=O)NC(C)C2)cc1Cl. The van der Waals surface area contributed by atoms with Crippen molar-refractivity contribution in [3.05, 3.63) is 22.8 Å². The van der Waals surface area contributed by atoms with Crippen LogP contribution in [0, 0.1) is 5.92 Å². The van der Waals surface area contributed by atoms with E-state index in [0.29, 0.717) is 35.5 Å². The van der Waals surface area contributed by atoms with Crippen LogP contribution in [-0.4, -0.2) is 47.4 Å². The van der Waals surface area contributed by atoms with Crippen LogP contribution >= 0.6 is 11.6 Å². The number of rotatable bonds is 4. The molecule has 7 heteroatoms. The minimum Gasteiger partial charge on any atom is -0.476 e. The van der Waals surface area contributed by atoms with Gasteiger partial charge in [0.15, 0.2) is 0 Å². The van der Waals surface area contributed by atoms with Crippen LogP contribution in [0.3, 0.4) is 0 Å². The smallest absolute Gasteiger partial charge is 0.256 e. The van der Waals surface area contributed by atoms with Gasteiger partial charge in [0.25, 0.3) is 5.91 Å². The van der Waals surface area contributed by atoms with Gasteiger partial charge in [-0.05, 0) is 18.9 Å². The fourth-order valence-corrected chi connectivity index (χ4v) is 2.39. The molecule has 1 saturated heterocycles. The third kappa shape index (κ3) is 4.10. The molecular formula is C15H20ClN3O3. The Morgan fingerprint density at radius 3 is 2.91 bits per heavy atom. The maximum atomic E-state index is 12.4. The van der Waals surface area contributed by atoms with Gasteiger partial charge in [-0.3, -0.25) is 9.59 Å². The third-order valence-corrected chi connectivity index (χ3v) is 3.40. The van der Waals surface area contributed by atoms with Gasteiger partial charge in [0, 0.05) is 18.8 Å². The van der Waals surface area contributed by atoms with Crippen molar-refractivity contribution < 1.29 is 14.3 Å². The van der Waals surface area contributed by atoms with E-state index in [4.69, 9.17) is 16.3 Å². The number of hydrogen-bond donors (Lipinski definition) is 1. The summed E-state index contributed by atoms with van der Waals surface area (Å²) in [6.07, 6.45) is 1.43. The molecule has 1 aromatic rings. The molecule has 1 N–H and O–H groups in total. The fraction of sp³-hybridized carbons (Fsp3) is 0.533. The number of amides is 2. The Balaban J connectivity index is 2.10. The first-order chi connectivity index (χ1) is 10.4. The molecule has 1 aliphatic heterocycles. The predicted molar refractivity (Wildman–Crippen MR) is 83.1 cm³/mol. The summed E-state index contributed by atoms with van der Waals surface area (Å²) >= 11 is 6.12. The van der Waals surface area contributed by atoms with Crippen molar-refractivity contribution in [3.8, 4) is 5.88 Å². The number of carbonyl (C=O) groups is 2. The second kappa shape index (κ2) is 6.96. The summed E-state index contributed by atoms with van der Waals surface area (Å²) in [5, 5.41) is 3.06. The Kier molecular flexibility index (Phi) is 5.24. The van der Waals surface area contributed by atoms with Gasteiger partial charge >= 0.3 is 0 Å². The summed E-state index contributed by atoms with van der Waals surface area (Å²) in [6, 6.07) is 1.46. The number of nitrogens with one attached hydrogen (secondary N) is 1. The summed E-state index contributed by atoms with van der Waals surface area (Å²) in [7, 11) is 0. The molecule has 0 saturated carbocycles. The van der Waals surface area contributed by atoms with Crippen molar-refractivity contribution in [2.45, 2.75) is 26.8 Å². The maximum Gasteiger partial charge on any atom is 0.256 e. The first-order valence-electron chi connectivity index (χ1n) is 7.23. The molecule has 2 rings (SSSR count). The Bertz CT molecular complexity index is 577. The minimum absolute atomic E-state index is 0.0480.